The van der Waals surface area contributed by atoms with E-state index in [1.807, 2.05) is 0 Å². The molecule has 0 fully saturated rings. The molecular formula is C19H19F2NO4S. The van der Waals surface area contributed by atoms with Crippen molar-refractivity contribution in [1.29, 1.82) is 0 Å². The Bertz CT molecular complexity index is 916. The van der Waals surface area contributed by atoms with Crippen molar-refractivity contribution in [3.05, 3.63) is 52.2 Å². The van der Waals surface area contributed by atoms with Gasteiger partial charge in [-0.05, 0) is 24.1 Å². The van der Waals surface area contributed by atoms with E-state index in [0.717, 1.165) is 10.4 Å². The van der Waals surface area contributed by atoms with Gasteiger partial charge in [0.2, 0.25) is 6.81 Å². The highest BCUT2D eigenvalue weighted by molar-refractivity contribution is 7.14. The number of esters is 2. The highest BCUT2D eigenvalue weighted by Crippen LogP contribution is 2.37. The van der Waals surface area contributed by atoms with Gasteiger partial charge in [0.25, 0.3) is 0 Å². The van der Waals surface area contributed by atoms with E-state index in [1.165, 1.54) is 35.6 Å². The van der Waals surface area contributed by atoms with Crippen LogP contribution in [0.2, 0.25) is 0 Å². The lowest BCUT2D eigenvalue weighted by Gasteiger charge is -2.33. The minimum absolute atomic E-state index is 0.0296. The van der Waals surface area contributed by atoms with Gasteiger partial charge in [0.05, 0.1) is 0 Å². The van der Waals surface area contributed by atoms with Crippen LogP contribution in [0.1, 0.15) is 38.1 Å². The Balaban J connectivity index is 1.88. The van der Waals surface area contributed by atoms with Crippen molar-refractivity contribution >= 4 is 23.3 Å². The van der Waals surface area contributed by atoms with Crippen LogP contribution in [-0.2, 0) is 27.3 Å². The van der Waals surface area contributed by atoms with E-state index in [0.29, 0.717) is 18.0 Å². The van der Waals surface area contributed by atoms with E-state index in [-0.39, 0.29) is 24.5 Å². The van der Waals surface area contributed by atoms with Gasteiger partial charge in [-0.1, -0.05) is 25.1 Å². The molecule has 8 heteroatoms. The molecule has 0 N–H and O–H groups in total. The van der Waals surface area contributed by atoms with Crippen molar-refractivity contribution in [3.8, 4) is 5.06 Å². The second-order valence-corrected chi connectivity index (χ2v) is 7.08. The normalized spacial score (nSPS) is 16.7. The third kappa shape index (κ3) is 4.33. The molecule has 27 heavy (non-hydrogen) atoms. The van der Waals surface area contributed by atoms with Crippen LogP contribution in [0.25, 0.3) is 0 Å². The lowest BCUT2D eigenvalue weighted by Crippen LogP contribution is -2.38. The second-order valence-electron chi connectivity index (χ2n) is 5.98. The Hall–Kier alpha value is -2.32. The van der Waals surface area contributed by atoms with Crippen LogP contribution in [0.3, 0.4) is 0 Å². The van der Waals surface area contributed by atoms with Crippen LogP contribution < -0.4 is 4.74 Å². The maximum Gasteiger partial charge on any atom is 0.330 e. The first-order chi connectivity index (χ1) is 13.7. The predicted octanol–water partition coefficient (Wildman–Crippen LogP) is 3.77. The molecule has 1 aliphatic rings. The fraction of sp³-hybridized carbons (Fsp3) is 0.368. The largest absolute Gasteiger partial charge is 0.432 e. The number of thiophene rings is 1. The van der Waals surface area contributed by atoms with Gasteiger partial charge in [0, 0.05) is 30.0 Å². The first-order valence-electron chi connectivity index (χ1n) is 9.40. The molecule has 3 rings (SSSR count). The van der Waals surface area contributed by atoms with Gasteiger partial charge in [-0.2, -0.15) is 0 Å². The number of ether oxygens (including phenoxy) is 2. The molecule has 0 amide bonds. The quantitative estimate of drug-likeness (QED) is 0.695. The molecule has 1 aliphatic heterocycles. The summed E-state index contributed by atoms with van der Waals surface area (Å²) in [5.41, 5.74) is 0.774. The smallest absolute Gasteiger partial charge is 0.330 e. The summed E-state index contributed by atoms with van der Waals surface area (Å²) in [4.78, 5) is 26.6. The number of hydrogen-bond acceptors (Lipinski definition) is 6. The van der Waals surface area contributed by atoms with E-state index in [4.69, 9.17) is 7.48 Å². The van der Waals surface area contributed by atoms with Crippen LogP contribution in [-0.4, -0.2) is 30.2 Å². The Morgan fingerprint density at radius 1 is 1.41 bits per heavy atom. The number of carbonyl (C=O) groups excluding carboxylic acids is 2. The van der Waals surface area contributed by atoms with Crippen molar-refractivity contribution in [3.63, 3.8) is 0 Å². The number of alkyl halides is 1. The molecule has 1 aromatic heterocycles. The first kappa shape index (κ1) is 16.8. The predicted molar refractivity (Wildman–Crippen MR) is 95.6 cm³/mol. The molecule has 5 nitrogen and oxygen atoms in total. The summed E-state index contributed by atoms with van der Waals surface area (Å²) >= 11 is 1.33. The summed E-state index contributed by atoms with van der Waals surface area (Å²) in [6, 6.07) is 5.91. The number of hydrogen-bond donors (Lipinski definition) is 0. The molecule has 144 valence electrons. The average Bonchev–Trinajstić information content (AvgIpc) is 3.03. The van der Waals surface area contributed by atoms with Gasteiger partial charge in [-0.3, -0.25) is 9.69 Å². The summed E-state index contributed by atoms with van der Waals surface area (Å²) in [6.45, 7) is -1.45. The zero-order valence-corrected chi connectivity index (χ0v) is 15.4. The summed E-state index contributed by atoms with van der Waals surface area (Å²) in [6.07, 6.45) is 0.742. The van der Waals surface area contributed by atoms with Crippen molar-refractivity contribution in [2.45, 2.75) is 32.4 Å². The number of fused-ring (bicyclic) bond motifs is 1. The summed E-state index contributed by atoms with van der Waals surface area (Å²) < 4.78 is 51.0. The molecule has 1 atom stereocenters. The van der Waals surface area contributed by atoms with E-state index in [9.17, 15) is 18.4 Å². The molecule has 0 radical (unpaired) electrons. The number of rotatable bonds is 6. The maximum atomic E-state index is 14.4. The Morgan fingerprint density at radius 2 is 2.19 bits per heavy atom. The zero-order chi connectivity index (χ0) is 21.2. The van der Waals surface area contributed by atoms with Gasteiger partial charge in [0.15, 0.2) is 5.06 Å². The minimum atomic E-state index is -3.68. The molecule has 0 unspecified atom stereocenters. The summed E-state index contributed by atoms with van der Waals surface area (Å²) in [5.74, 6) is -2.26. The fourth-order valence-corrected chi connectivity index (χ4v) is 4.07. The molecule has 1 aromatic carbocycles. The molecule has 0 aliphatic carbocycles. The number of halogens is 2. The maximum absolute atomic E-state index is 14.4. The lowest BCUT2D eigenvalue weighted by atomic mass is 10.0. The zero-order valence-electron chi connectivity index (χ0n) is 16.5. The SMILES string of the molecule is [2H]C([2H])(F)OC(=O)[C@H](c1ccccc1F)N1CCc2sc(OC(=O)CC)cc2C1. The van der Waals surface area contributed by atoms with Crippen LogP contribution in [0.5, 0.6) is 5.06 Å². The number of carbonyl (C=O) groups is 2. The van der Waals surface area contributed by atoms with Gasteiger partial charge in [0.1, 0.15) is 14.6 Å². The Labute approximate surface area is 162 Å². The molecule has 0 spiro atoms. The Kier molecular flexibility index (Phi) is 5.35. The topological polar surface area (TPSA) is 55.8 Å². The van der Waals surface area contributed by atoms with Crippen LogP contribution >= 0.6 is 11.3 Å². The molecule has 0 saturated heterocycles. The number of benzene rings is 1. The molecule has 0 bridgehead atoms. The highest BCUT2D eigenvalue weighted by atomic mass is 32.1. The van der Waals surface area contributed by atoms with Gasteiger partial charge >= 0.3 is 11.9 Å². The second kappa shape index (κ2) is 8.58. The molecule has 2 aromatic rings. The fourth-order valence-electron chi connectivity index (χ4n) is 3.05. The Morgan fingerprint density at radius 3 is 2.89 bits per heavy atom. The van der Waals surface area contributed by atoms with Crippen molar-refractivity contribution in [2.24, 2.45) is 0 Å². The van der Waals surface area contributed by atoms with E-state index >= 15 is 0 Å². The third-order valence-corrected chi connectivity index (χ3v) is 5.42. The third-order valence-electron chi connectivity index (χ3n) is 4.30. The average molecular weight is 397 g/mol. The van der Waals surface area contributed by atoms with Crippen molar-refractivity contribution in [1.82, 2.24) is 4.90 Å². The molecular weight excluding hydrogens is 376 g/mol. The summed E-state index contributed by atoms with van der Waals surface area (Å²) in [7, 11) is 0. The minimum Gasteiger partial charge on any atom is -0.432 e. The summed E-state index contributed by atoms with van der Waals surface area (Å²) in [5, 5.41) is 0.439. The van der Waals surface area contributed by atoms with Crippen LogP contribution in [0.15, 0.2) is 30.3 Å². The monoisotopic (exact) mass is 397 g/mol. The van der Waals surface area contributed by atoms with E-state index in [2.05, 4.69) is 4.74 Å². The molecule has 0 saturated carbocycles. The van der Waals surface area contributed by atoms with Crippen molar-refractivity contribution < 1.29 is 30.6 Å². The van der Waals surface area contributed by atoms with Gasteiger partial charge < -0.3 is 9.47 Å². The van der Waals surface area contributed by atoms with Crippen LogP contribution in [0.4, 0.5) is 8.78 Å². The van der Waals surface area contributed by atoms with Crippen LogP contribution in [0, 0.1) is 5.82 Å². The van der Waals surface area contributed by atoms with Crippen molar-refractivity contribution in [2.75, 3.05) is 13.4 Å². The standard InChI is InChI=1S/C19H19F2NO4S/c1-2-16(23)26-17-9-12-10-22(8-7-15(12)27-17)18(19(24)25-11-20)13-5-3-4-6-14(13)21/h3-6,9,18H,2,7-8,10-11H2,1H3/t18-/m0/s1/i11D2. The van der Waals surface area contributed by atoms with E-state index in [1.54, 1.807) is 17.9 Å². The van der Waals surface area contributed by atoms with E-state index < -0.39 is 24.6 Å². The van der Waals surface area contributed by atoms with Gasteiger partial charge in [-0.15, -0.1) is 11.3 Å². The van der Waals surface area contributed by atoms with Gasteiger partial charge in [-0.25, -0.2) is 13.6 Å². The highest BCUT2D eigenvalue weighted by Gasteiger charge is 2.34. The molecule has 2 heterocycles. The lowest BCUT2D eigenvalue weighted by molar-refractivity contribution is -0.155. The number of nitrogens with zero attached hydrogens (tertiary/aromatic N) is 1. The first-order valence-corrected chi connectivity index (χ1v) is 9.22.